The number of aromatic nitrogens is 3. The van der Waals surface area contributed by atoms with E-state index in [1.807, 2.05) is 10.9 Å². The molecule has 2 aromatic carbocycles. The summed E-state index contributed by atoms with van der Waals surface area (Å²) in [6.07, 6.45) is 2.52. The number of nitro benzene ring substituents is 1. The Bertz CT molecular complexity index is 852. The summed E-state index contributed by atoms with van der Waals surface area (Å²) in [6, 6.07) is 15.1. The summed E-state index contributed by atoms with van der Waals surface area (Å²) < 4.78 is 1.81. The Labute approximate surface area is 146 Å². The fourth-order valence-electron chi connectivity index (χ4n) is 2.64. The van der Waals surface area contributed by atoms with Crippen LogP contribution in [-0.4, -0.2) is 19.9 Å². The van der Waals surface area contributed by atoms with E-state index in [0.29, 0.717) is 18.9 Å². The summed E-state index contributed by atoms with van der Waals surface area (Å²) in [5.41, 5.74) is 4.40. The first-order valence-electron chi connectivity index (χ1n) is 8.22. The second-order valence-electron chi connectivity index (χ2n) is 6.40. The predicted octanol–water partition coefficient (Wildman–Crippen LogP) is 3.95. The van der Waals surface area contributed by atoms with Crippen molar-refractivity contribution in [2.24, 2.45) is 0 Å². The second kappa shape index (κ2) is 7.25. The van der Waals surface area contributed by atoms with Crippen LogP contribution < -0.4 is 0 Å². The fraction of sp³-hybridized carbons (Fsp3) is 0.263. The predicted molar refractivity (Wildman–Crippen MR) is 95.6 cm³/mol. The van der Waals surface area contributed by atoms with Gasteiger partial charge in [-0.15, -0.1) is 5.10 Å². The third-order valence-corrected chi connectivity index (χ3v) is 4.11. The SMILES string of the molecule is CC(C)c1ccc(Cn2cc(Cc3ccc([N+](=O)[O-])cc3)nn2)cc1. The number of rotatable bonds is 6. The van der Waals surface area contributed by atoms with E-state index in [1.165, 1.54) is 23.3 Å². The molecule has 0 aliphatic carbocycles. The molecule has 0 atom stereocenters. The highest BCUT2D eigenvalue weighted by Gasteiger charge is 2.07. The Morgan fingerprint density at radius 1 is 1.04 bits per heavy atom. The summed E-state index contributed by atoms with van der Waals surface area (Å²) in [5, 5.41) is 19.0. The Hall–Kier alpha value is -3.02. The van der Waals surface area contributed by atoms with Gasteiger partial charge in [-0.1, -0.05) is 55.5 Å². The van der Waals surface area contributed by atoms with Crippen LogP contribution in [0.2, 0.25) is 0 Å². The number of benzene rings is 2. The lowest BCUT2D eigenvalue weighted by Crippen LogP contribution is -2.00. The molecule has 6 nitrogen and oxygen atoms in total. The van der Waals surface area contributed by atoms with Gasteiger partial charge in [0.05, 0.1) is 17.2 Å². The number of nitrogens with zero attached hydrogens (tertiary/aromatic N) is 4. The van der Waals surface area contributed by atoms with Gasteiger partial charge in [0, 0.05) is 24.8 Å². The minimum Gasteiger partial charge on any atom is -0.258 e. The van der Waals surface area contributed by atoms with Crippen molar-refractivity contribution in [2.75, 3.05) is 0 Å². The zero-order valence-electron chi connectivity index (χ0n) is 14.3. The van der Waals surface area contributed by atoms with Gasteiger partial charge < -0.3 is 0 Å². The molecule has 0 spiro atoms. The summed E-state index contributed by atoms with van der Waals surface area (Å²) in [4.78, 5) is 10.3. The van der Waals surface area contributed by atoms with Gasteiger partial charge in [0.15, 0.2) is 0 Å². The van der Waals surface area contributed by atoms with Crippen LogP contribution in [0.15, 0.2) is 54.7 Å². The zero-order valence-corrected chi connectivity index (χ0v) is 14.3. The lowest BCUT2D eigenvalue weighted by molar-refractivity contribution is -0.384. The van der Waals surface area contributed by atoms with E-state index in [2.05, 4.69) is 48.4 Å². The molecule has 3 rings (SSSR count). The van der Waals surface area contributed by atoms with Crippen LogP contribution >= 0.6 is 0 Å². The van der Waals surface area contributed by atoms with Crippen molar-refractivity contribution >= 4 is 5.69 Å². The monoisotopic (exact) mass is 336 g/mol. The minimum atomic E-state index is -0.398. The van der Waals surface area contributed by atoms with E-state index in [1.54, 1.807) is 12.1 Å². The molecule has 0 saturated carbocycles. The first-order chi connectivity index (χ1) is 12.0. The first kappa shape index (κ1) is 16.8. The molecular weight excluding hydrogens is 316 g/mol. The molecule has 0 unspecified atom stereocenters. The normalized spacial score (nSPS) is 11.0. The highest BCUT2D eigenvalue weighted by molar-refractivity contribution is 5.34. The molecule has 128 valence electrons. The maximum Gasteiger partial charge on any atom is 0.269 e. The van der Waals surface area contributed by atoms with Gasteiger partial charge in [0.25, 0.3) is 5.69 Å². The lowest BCUT2D eigenvalue weighted by Gasteiger charge is -2.06. The maximum absolute atomic E-state index is 10.7. The zero-order chi connectivity index (χ0) is 17.8. The average Bonchev–Trinajstić information content (AvgIpc) is 3.02. The van der Waals surface area contributed by atoms with E-state index >= 15 is 0 Å². The van der Waals surface area contributed by atoms with Crippen LogP contribution in [-0.2, 0) is 13.0 Å². The second-order valence-corrected chi connectivity index (χ2v) is 6.40. The van der Waals surface area contributed by atoms with Gasteiger partial charge in [-0.2, -0.15) is 0 Å². The number of nitro groups is 1. The molecule has 0 bridgehead atoms. The molecule has 1 aromatic heterocycles. The van der Waals surface area contributed by atoms with Crippen molar-refractivity contribution in [2.45, 2.75) is 32.7 Å². The van der Waals surface area contributed by atoms with Crippen LogP contribution in [0.5, 0.6) is 0 Å². The van der Waals surface area contributed by atoms with Crippen molar-refractivity contribution in [1.82, 2.24) is 15.0 Å². The summed E-state index contributed by atoms with van der Waals surface area (Å²) in [6.45, 7) is 5.03. The molecule has 3 aromatic rings. The fourth-order valence-corrected chi connectivity index (χ4v) is 2.64. The Kier molecular flexibility index (Phi) is 4.88. The van der Waals surface area contributed by atoms with Gasteiger partial charge in [-0.25, -0.2) is 4.68 Å². The molecule has 0 fully saturated rings. The molecule has 1 heterocycles. The lowest BCUT2D eigenvalue weighted by atomic mass is 10.0. The van der Waals surface area contributed by atoms with E-state index in [-0.39, 0.29) is 5.69 Å². The molecule has 0 saturated heterocycles. The molecule has 0 radical (unpaired) electrons. The van der Waals surface area contributed by atoms with Crippen LogP contribution in [0.4, 0.5) is 5.69 Å². The third kappa shape index (κ3) is 4.29. The smallest absolute Gasteiger partial charge is 0.258 e. The van der Waals surface area contributed by atoms with Crippen LogP contribution in [0, 0.1) is 10.1 Å². The minimum absolute atomic E-state index is 0.0947. The Morgan fingerprint density at radius 3 is 2.28 bits per heavy atom. The van der Waals surface area contributed by atoms with Crippen LogP contribution in [0.3, 0.4) is 0 Å². The van der Waals surface area contributed by atoms with Gasteiger partial charge in [0.1, 0.15) is 0 Å². The van der Waals surface area contributed by atoms with Crippen LogP contribution in [0.1, 0.15) is 42.1 Å². The van der Waals surface area contributed by atoms with E-state index in [0.717, 1.165) is 11.3 Å². The van der Waals surface area contributed by atoms with Crippen molar-refractivity contribution < 1.29 is 4.92 Å². The van der Waals surface area contributed by atoms with Crippen molar-refractivity contribution in [1.29, 1.82) is 0 Å². The summed E-state index contributed by atoms with van der Waals surface area (Å²) >= 11 is 0. The molecule has 0 aliphatic rings. The number of hydrogen-bond donors (Lipinski definition) is 0. The van der Waals surface area contributed by atoms with Gasteiger partial charge >= 0.3 is 0 Å². The summed E-state index contributed by atoms with van der Waals surface area (Å²) in [7, 11) is 0. The quantitative estimate of drug-likeness (QED) is 0.504. The molecule has 0 N–H and O–H groups in total. The standard InChI is InChI=1S/C19H20N4O2/c1-14(2)17-7-3-16(4-8-17)12-22-13-18(20-21-22)11-15-5-9-19(10-6-15)23(24)25/h3-10,13-14H,11-12H2,1-2H3. The van der Waals surface area contributed by atoms with E-state index in [4.69, 9.17) is 0 Å². The van der Waals surface area contributed by atoms with Gasteiger partial charge in [-0.05, 0) is 22.6 Å². The number of non-ortho nitro benzene ring substituents is 1. The largest absolute Gasteiger partial charge is 0.269 e. The highest BCUT2D eigenvalue weighted by atomic mass is 16.6. The van der Waals surface area contributed by atoms with E-state index in [9.17, 15) is 10.1 Å². The summed E-state index contributed by atoms with van der Waals surface area (Å²) in [5.74, 6) is 0.522. The molecule has 0 amide bonds. The molecule has 6 heteroatoms. The highest BCUT2D eigenvalue weighted by Crippen LogP contribution is 2.16. The molecular formula is C19H20N4O2. The molecule has 0 aliphatic heterocycles. The average molecular weight is 336 g/mol. The van der Waals surface area contributed by atoms with Crippen LogP contribution in [0.25, 0.3) is 0 Å². The first-order valence-corrected chi connectivity index (χ1v) is 8.22. The molecule has 25 heavy (non-hydrogen) atoms. The number of hydrogen-bond acceptors (Lipinski definition) is 4. The third-order valence-electron chi connectivity index (χ3n) is 4.11. The Morgan fingerprint density at radius 2 is 1.68 bits per heavy atom. The Balaban J connectivity index is 1.64. The topological polar surface area (TPSA) is 73.8 Å². The van der Waals surface area contributed by atoms with Crippen molar-refractivity contribution in [3.05, 3.63) is 87.2 Å². The van der Waals surface area contributed by atoms with E-state index < -0.39 is 4.92 Å². The van der Waals surface area contributed by atoms with Gasteiger partial charge in [0.2, 0.25) is 0 Å². The maximum atomic E-state index is 10.7. The van der Waals surface area contributed by atoms with Crippen molar-refractivity contribution in [3.8, 4) is 0 Å². The van der Waals surface area contributed by atoms with Gasteiger partial charge in [-0.3, -0.25) is 10.1 Å². The van der Waals surface area contributed by atoms with Crippen molar-refractivity contribution in [3.63, 3.8) is 0 Å².